The summed E-state index contributed by atoms with van der Waals surface area (Å²) >= 11 is 1.62. The van der Waals surface area contributed by atoms with Crippen LogP contribution < -0.4 is 5.73 Å². The van der Waals surface area contributed by atoms with Crippen molar-refractivity contribution in [3.8, 4) is 10.6 Å². The molecule has 0 amide bonds. The van der Waals surface area contributed by atoms with Crippen molar-refractivity contribution in [3.63, 3.8) is 0 Å². The Kier molecular flexibility index (Phi) is 6.06. The van der Waals surface area contributed by atoms with Crippen LogP contribution in [0.3, 0.4) is 0 Å². The number of hydrogen-bond acceptors (Lipinski definition) is 5. The lowest BCUT2D eigenvalue weighted by Gasteiger charge is -2.17. The van der Waals surface area contributed by atoms with Gasteiger partial charge in [0.25, 0.3) is 0 Å². The number of carboxylic acid groups (broad SMARTS) is 1. The van der Waals surface area contributed by atoms with Gasteiger partial charge >= 0.3 is 5.97 Å². The molecular formula is C16H21N3O2S. The van der Waals surface area contributed by atoms with E-state index < -0.39 is 5.97 Å². The van der Waals surface area contributed by atoms with Crippen molar-refractivity contribution in [1.29, 1.82) is 0 Å². The van der Waals surface area contributed by atoms with Gasteiger partial charge in [-0.3, -0.25) is 4.79 Å². The van der Waals surface area contributed by atoms with Gasteiger partial charge < -0.3 is 15.7 Å². The van der Waals surface area contributed by atoms with Crippen LogP contribution >= 0.6 is 11.3 Å². The van der Waals surface area contributed by atoms with Gasteiger partial charge in [0.2, 0.25) is 0 Å². The number of aromatic nitrogens is 1. The zero-order valence-corrected chi connectivity index (χ0v) is 13.5. The topological polar surface area (TPSA) is 79.5 Å². The van der Waals surface area contributed by atoms with Gasteiger partial charge in [0.15, 0.2) is 0 Å². The molecule has 6 heteroatoms. The second-order valence-electron chi connectivity index (χ2n) is 5.22. The average molecular weight is 319 g/mol. The molecule has 1 aromatic carbocycles. The number of aliphatic carboxylic acids is 1. The molecule has 0 saturated heterocycles. The summed E-state index contributed by atoms with van der Waals surface area (Å²) < 4.78 is 0. The van der Waals surface area contributed by atoms with Crippen LogP contribution in [0.2, 0.25) is 0 Å². The summed E-state index contributed by atoms with van der Waals surface area (Å²) in [6.45, 7) is 1.83. The van der Waals surface area contributed by atoms with Crippen LogP contribution in [-0.4, -0.2) is 41.1 Å². The van der Waals surface area contributed by atoms with Crippen LogP contribution in [0.25, 0.3) is 10.6 Å². The number of nitrogens with zero attached hydrogens (tertiary/aromatic N) is 2. The molecule has 0 fully saturated rings. The van der Waals surface area contributed by atoms with Crippen LogP contribution in [0.5, 0.6) is 0 Å². The lowest BCUT2D eigenvalue weighted by Crippen LogP contribution is -2.21. The van der Waals surface area contributed by atoms with Crippen molar-refractivity contribution in [1.82, 2.24) is 9.88 Å². The molecule has 0 radical (unpaired) electrons. The third-order valence-corrected chi connectivity index (χ3v) is 4.27. The van der Waals surface area contributed by atoms with Crippen molar-refractivity contribution in [2.45, 2.75) is 19.4 Å². The Balaban J connectivity index is 2.13. The molecule has 5 nitrogen and oxygen atoms in total. The molecule has 2 aromatic rings. The highest BCUT2D eigenvalue weighted by atomic mass is 32.1. The standard InChI is InChI=1S/C16H21N3O2S/c1-19(9-7-15(20)21)10-12-4-2-3-5-14(12)16-18-13(6-8-17)11-22-16/h2-5,11H,6-10,17H2,1H3,(H,20,21). The van der Waals surface area contributed by atoms with Crippen molar-refractivity contribution >= 4 is 17.3 Å². The highest BCUT2D eigenvalue weighted by Crippen LogP contribution is 2.28. The van der Waals surface area contributed by atoms with Crippen LogP contribution in [0, 0.1) is 0 Å². The van der Waals surface area contributed by atoms with Crippen molar-refractivity contribution < 1.29 is 9.90 Å². The molecule has 1 heterocycles. The number of carboxylic acids is 1. The summed E-state index contributed by atoms with van der Waals surface area (Å²) in [5.74, 6) is -0.772. The Hall–Kier alpha value is -1.76. The minimum atomic E-state index is -0.772. The maximum atomic E-state index is 10.7. The number of benzene rings is 1. The zero-order chi connectivity index (χ0) is 15.9. The normalized spacial score (nSPS) is 11.0. The third-order valence-electron chi connectivity index (χ3n) is 3.35. The minimum Gasteiger partial charge on any atom is -0.481 e. The van der Waals surface area contributed by atoms with Gasteiger partial charge in [0.1, 0.15) is 5.01 Å². The number of hydrogen-bond donors (Lipinski definition) is 2. The molecule has 0 spiro atoms. The van der Waals surface area contributed by atoms with E-state index in [-0.39, 0.29) is 6.42 Å². The van der Waals surface area contributed by atoms with Crippen LogP contribution in [0.4, 0.5) is 0 Å². The van der Waals surface area contributed by atoms with Gasteiger partial charge in [-0.25, -0.2) is 4.98 Å². The van der Waals surface area contributed by atoms with Crippen LogP contribution in [0.15, 0.2) is 29.6 Å². The SMILES string of the molecule is CN(CCC(=O)O)Cc1ccccc1-c1nc(CCN)cs1. The fourth-order valence-corrected chi connectivity index (χ4v) is 3.13. The summed E-state index contributed by atoms with van der Waals surface area (Å²) in [5.41, 5.74) is 8.86. The number of nitrogens with two attached hydrogens (primary N) is 1. The zero-order valence-electron chi connectivity index (χ0n) is 12.7. The monoisotopic (exact) mass is 319 g/mol. The largest absolute Gasteiger partial charge is 0.481 e. The summed E-state index contributed by atoms with van der Waals surface area (Å²) in [7, 11) is 1.93. The molecule has 0 aliphatic carbocycles. The van der Waals surface area contributed by atoms with E-state index in [4.69, 9.17) is 10.8 Å². The van der Waals surface area contributed by atoms with Gasteiger partial charge in [-0.05, 0) is 19.2 Å². The molecule has 0 unspecified atom stereocenters. The van der Waals surface area contributed by atoms with E-state index in [9.17, 15) is 4.79 Å². The molecule has 0 bridgehead atoms. The van der Waals surface area contributed by atoms with E-state index in [1.54, 1.807) is 11.3 Å². The lowest BCUT2D eigenvalue weighted by molar-refractivity contribution is -0.137. The summed E-state index contributed by atoms with van der Waals surface area (Å²) in [6, 6.07) is 8.13. The second-order valence-corrected chi connectivity index (χ2v) is 6.08. The first-order valence-corrected chi connectivity index (χ1v) is 8.11. The van der Waals surface area contributed by atoms with E-state index >= 15 is 0 Å². The Morgan fingerprint density at radius 1 is 1.41 bits per heavy atom. The Morgan fingerprint density at radius 2 is 2.18 bits per heavy atom. The number of carbonyl (C=O) groups is 1. The predicted octanol–water partition coefficient (Wildman–Crippen LogP) is 2.22. The molecule has 0 saturated carbocycles. The van der Waals surface area contributed by atoms with Gasteiger partial charge in [0, 0.05) is 30.5 Å². The molecule has 0 aliphatic rings. The molecule has 22 heavy (non-hydrogen) atoms. The summed E-state index contributed by atoms with van der Waals surface area (Å²) in [4.78, 5) is 17.3. The average Bonchev–Trinajstić information content (AvgIpc) is 2.94. The predicted molar refractivity (Wildman–Crippen MR) is 88.9 cm³/mol. The van der Waals surface area contributed by atoms with E-state index in [2.05, 4.69) is 17.1 Å². The smallest absolute Gasteiger partial charge is 0.304 e. The maximum Gasteiger partial charge on any atom is 0.304 e. The quantitative estimate of drug-likeness (QED) is 0.780. The molecule has 2 rings (SSSR count). The maximum absolute atomic E-state index is 10.7. The first-order valence-electron chi connectivity index (χ1n) is 7.23. The Morgan fingerprint density at radius 3 is 2.91 bits per heavy atom. The first kappa shape index (κ1) is 16.6. The summed E-state index contributed by atoms with van der Waals surface area (Å²) in [6.07, 6.45) is 0.938. The highest BCUT2D eigenvalue weighted by molar-refractivity contribution is 7.13. The fraction of sp³-hybridized carbons (Fsp3) is 0.375. The van der Waals surface area contributed by atoms with E-state index in [1.807, 2.05) is 29.5 Å². The van der Waals surface area contributed by atoms with Crippen molar-refractivity contribution in [2.75, 3.05) is 20.1 Å². The van der Waals surface area contributed by atoms with Gasteiger partial charge in [-0.2, -0.15) is 0 Å². The molecule has 0 aliphatic heterocycles. The van der Waals surface area contributed by atoms with Gasteiger partial charge in [0.05, 0.1) is 12.1 Å². The molecule has 118 valence electrons. The number of rotatable bonds is 8. The van der Waals surface area contributed by atoms with E-state index in [1.165, 1.54) is 0 Å². The fourth-order valence-electron chi connectivity index (χ4n) is 2.22. The lowest BCUT2D eigenvalue weighted by atomic mass is 10.1. The Bertz CT molecular complexity index is 627. The molecule has 1 aromatic heterocycles. The third kappa shape index (κ3) is 4.62. The van der Waals surface area contributed by atoms with Gasteiger partial charge in [-0.15, -0.1) is 11.3 Å². The first-order chi connectivity index (χ1) is 10.6. The summed E-state index contributed by atoms with van der Waals surface area (Å²) in [5, 5.41) is 11.8. The van der Waals surface area contributed by atoms with Crippen molar-refractivity contribution in [2.24, 2.45) is 5.73 Å². The molecule has 3 N–H and O–H groups in total. The molecular weight excluding hydrogens is 298 g/mol. The van der Waals surface area contributed by atoms with E-state index in [0.29, 0.717) is 19.6 Å². The second kappa shape index (κ2) is 8.03. The minimum absolute atomic E-state index is 0.149. The van der Waals surface area contributed by atoms with Crippen LogP contribution in [0.1, 0.15) is 17.7 Å². The molecule has 0 atom stereocenters. The van der Waals surface area contributed by atoms with Gasteiger partial charge in [-0.1, -0.05) is 24.3 Å². The van der Waals surface area contributed by atoms with Crippen LogP contribution in [-0.2, 0) is 17.8 Å². The number of thiazole rings is 1. The van der Waals surface area contributed by atoms with Crippen molar-refractivity contribution in [3.05, 3.63) is 40.9 Å². The highest BCUT2D eigenvalue weighted by Gasteiger charge is 2.11. The van der Waals surface area contributed by atoms with E-state index in [0.717, 1.165) is 28.2 Å². The Labute approximate surface area is 134 Å².